The zero-order valence-corrected chi connectivity index (χ0v) is 16.8. The number of nitriles is 1. The van der Waals surface area contributed by atoms with Gasteiger partial charge in [-0.15, -0.1) is 0 Å². The number of rotatable bonds is 6. The number of allylic oxidation sites excluding steroid dienone is 2. The fraction of sp³-hybridized carbons (Fsp3) is 0.500. The average Bonchev–Trinajstić information content (AvgIpc) is 2.60. The summed E-state index contributed by atoms with van der Waals surface area (Å²) in [5.74, 6) is -0.118. The Bertz CT molecular complexity index is 844. The van der Waals surface area contributed by atoms with E-state index in [0.717, 1.165) is 27.8 Å². The van der Waals surface area contributed by atoms with Crippen LogP contribution in [0.2, 0.25) is 0 Å². The lowest BCUT2D eigenvalue weighted by molar-refractivity contribution is -0.116. The topological polar surface area (TPSA) is 82.7 Å². The second-order valence-corrected chi connectivity index (χ2v) is 7.02. The van der Waals surface area contributed by atoms with Gasteiger partial charge < -0.3 is 9.94 Å². The molecule has 0 bridgehead atoms. The number of aryl methyl sites for hydroxylation is 2. The molecule has 144 valence electrons. The van der Waals surface area contributed by atoms with Crippen LogP contribution in [0.25, 0.3) is 0 Å². The summed E-state index contributed by atoms with van der Waals surface area (Å²) in [6, 6.07) is 4.30. The molecule has 0 saturated carbocycles. The van der Waals surface area contributed by atoms with Crippen molar-refractivity contribution in [2.24, 2.45) is 5.16 Å². The number of carbonyl (C=O) groups excluding carboxylic acids is 1. The monoisotopic (exact) mass is 368 g/mol. The molecule has 0 heterocycles. The van der Waals surface area contributed by atoms with E-state index in [9.17, 15) is 9.90 Å². The van der Waals surface area contributed by atoms with Gasteiger partial charge in [0.25, 0.3) is 0 Å². The van der Waals surface area contributed by atoms with Crippen molar-refractivity contribution in [3.05, 3.63) is 45.2 Å². The van der Waals surface area contributed by atoms with Crippen molar-refractivity contribution in [2.45, 2.75) is 66.2 Å². The predicted molar refractivity (Wildman–Crippen MR) is 106 cm³/mol. The maximum absolute atomic E-state index is 12.8. The van der Waals surface area contributed by atoms with Crippen LogP contribution in [0.15, 0.2) is 22.6 Å². The minimum absolute atomic E-state index is 0.0813. The van der Waals surface area contributed by atoms with Gasteiger partial charge in [0.05, 0.1) is 23.8 Å². The highest BCUT2D eigenvalue weighted by atomic mass is 16.6. The van der Waals surface area contributed by atoms with E-state index in [0.29, 0.717) is 43.6 Å². The Morgan fingerprint density at radius 2 is 2.00 bits per heavy atom. The second kappa shape index (κ2) is 8.85. The maximum atomic E-state index is 12.8. The smallest absolute Gasteiger partial charge is 0.168 e. The van der Waals surface area contributed by atoms with E-state index in [4.69, 9.17) is 10.1 Å². The summed E-state index contributed by atoms with van der Waals surface area (Å²) in [5.41, 5.74) is 6.15. The van der Waals surface area contributed by atoms with Crippen molar-refractivity contribution in [2.75, 3.05) is 6.61 Å². The van der Waals surface area contributed by atoms with Gasteiger partial charge in [0.15, 0.2) is 5.78 Å². The third kappa shape index (κ3) is 4.21. The Morgan fingerprint density at radius 3 is 2.56 bits per heavy atom. The fourth-order valence-electron chi connectivity index (χ4n) is 4.08. The van der Waals surface area contributed by atoms with Crippen LogP contribution < -0.4 is 0 Å². The van der Waals surface area contributed by atoms with Gasteiger partial charge in [-0.3, -0.25) is 4.79 Å². The largest absolute Gasteiger partial charge is 0.511 e. The molecular weight excluding hydrogens is 340 g/mol. The van der Waals surface area contributed by atoms with Crippen LogP contribution in [0.5, 0.6) is 0 Å². The Balaban J connectivity index is 2.47. The lowest BCUT2D eigenvalue weighted by atomic mass is 9.76. The van der Waals surface area contributed by atoms with E-state index in [-0.39, 0.29) is 17.5 Å². The molecule has 1 N–H and O–H groups in total. The number of benzene rings is 1. The summed E-state index contributed by atoms with van der Waals surface area (Å²) in [6.45, 7) is 10.2. The number of aliphatic hydroxyl groups excluding tert-OH is 1. The number of oxime groups is 1. The number of Topliss-reactive ketones (excluding diaryl/α,β-unsaturated/α-hetero) is 1. The molecule has 0 aliphatic heterocycles. The number of hydrogen-bond donors (Lipinski definition) is 1. The van der Waals surface area contributed by atoms with E-state index < -0.39 is 0 Å². The number of nitrogens with zero attached hydrogens (tertiary/aromatic N) is 2. The first kappa shape index (κ1) is 20.7. The van der Waals surface area contributed by atoms with Gasteiger partial charge in [-0.25, -0.2) is 0 Å². The molecule has 1 aromatic carbocycles. The molecule has 0 aromatic heterocycles. The summed E-state index contributed by atoms with van der Waals surface area (Å²) in [4.78, 5) is 17.9. The number of carbonyl (C=O) groups is 1. The maximum Gasteiger partial charge on any atom is 0.168 e. The molecule has 5 heteroatoms. The van der Waals surface area contributed by atoms with Crippen LogP contribution in [0.1, 0.15) is 66.8 Å². The van der Waals surface area contributed by atoms with Crippen LogP contribution in [0.3, 0.4) is 0 Å². The van der Waals surface area contributed by atoms with Gasteiger partial charge in [-0.1, -0.05) is 18.1 Å². The molecule has 1 unspecified atom stereocenters. The van der Waals surface area contributed by atoms with Crippen molar-refractivity contribution in [1.82, 2.24) is 0 Å². The molecule has 0 fully saturated rings. The highest BCUT2D eigenvalue weighted by Gasteiger charge is 2.33. The third-order valence-corrected chi connectivity index (χ3v) is 5.22. The van der Waals surface area contributed by atoms with Gasteiger partial charge >= 0.3 is 0 Å². The summed E-state index contributed by atoms with van der Waals surface area (Å²) < 4.78 is 0. The van der Waals surface area contributed by atoms with Crippen LogP contribution in [-0.2, 0) is 16.1 Å². The highest BCUT2D eigenvalue weighted by Crippen LogP contribution is 2.39. The van der Waals surface area contributed by atoms with Crippen molar-refractivity contribution in [3.8, 4) is 6.07 Å². The quantitative estimate of drug-likeness (QED) is 0.581. The van der Waals surface area contributed by atoms with Gasteiger partial charge in [-0.2, -0.15) is 5.26 Å². The molecule has 5 nitrogen and oxygen atoms in total. The minimum Gasteiger partial charge on any atom is -0.511 e. The van der Waals surface area contributed by atoms with Crippen molar-refractivity contribution in [3.63, 3.8) is 0 Å². The first-order valence-corrected chi connectivity index (χ1v) is 9.46. The molecule has 27 heavy (non-hydrogen) atoms. The van der Waals surface area contributed by atoms with Crippen LogP contribution in [0.4, 0.5) is 0 Å². The molecule has 0 saturated heterocycles. The van der Waals surface area contributed by atoms with Gasteiger partial charge in [-0.05, 0) is 67.9 Å². The Morgan fingerprint density at radius 1 is 1.30 bits per heavy atom. The second-order valence-electron chi connectivity index (χ2n) is 7.02. The molecule has 0 radical (unpaired) electrons. The van der Waals surface area contributed by atoms with Crippen LogP contribution in [0, 0.1) is 32.1 Å². The van der Waals surface area contributed by atoms with E-state index >= 15 is 0 Å². The number of aliphatic hydroxyl groups is 1. The van der Waals surface area contributed by atoms with Gasteiger partial charge in [0, 0.05) is 12.8 Å². The minimum atomic E-state index is -0.106. The fourth-order valence-corrected chi connectivity index (χ4v) is 4.08. The summed E-state index contributed by atoms with van der Waals surface area (Å²) in [7, 11) is 0. The van der Waals surface area contributed by atoms with E-state index in [1.807, 2.05) is 34.6 Å². The van der Waals surface area contributed by atoms with Crippen molar-refractivity contribution in [1.29, 1.82) is 5.26 Å². The van der Waals surface area contributed by atoms with E-state index in [2.05, 4.69) is 17.3 Å². The molecule has 1 aliphatic rings. The third-order valence-electron chi connectivity index (χ3n) is 5.22. The summed E-state index contributed by atoms with van der Waals surface area (Å²) in [5, 5.41) is 23.8. The van der Waals surface area contributed by atoms with E-state index in [1.165, 1.54) is 0 Å². The molecule has 1 aromatic rings. The summed E-state index contributed by atoms with van der Waals surface area (Å²) >= 11 is 0. The molecule has 0 amide bonds. The lowest BCUT2D eigenvalue weighted by Crippen LogP contribution is -2.24. The van der Waals surface area contributed by atoms with Crippen LogP contribution in [-0.4, -0.2) is 23.2 Å². The molecular formula is C22H28N2O3. The molecule has 0 spiro atoms. The number of ketones is 1. The first-order valence-electron chi connectivity index (χ1n) is 9.46. The number of hydrogen-bond acceptors (Lipinski definition) is 5. The Hall–Kier alpha value is -2.61. The van der Waals surface area contributed by atoms with Gasteiger partial charge in [0.1, 0.15) is 12.4 Å². The van der Waals surface area contributed by atoms with E-state index in [1.54, 1.807) is 0 Å². The normalized spacial score (nSPS) is 17.9. The highest BCUT2D eigenvalue weighted by molar-refractivity contribution is 6.23. The predicted octanol–water partition coefficient (Wildman–Crippen LogP) is 4.74. The van der Waals surface area contributed by atoms with Gasteiger partial charge in [0.2, 0.25) is 0 Å². The van der Waals surface area contributed by atoms with Crippen molar-refractivity contribution >= 4 is 11.5 Å². The first-order chi connectivity index (χ1) is 12.8. The average molecular weight is 368 g/mol. The molecule has 2 rings (SSSR count). The molecule has 1 atom stereocenters. The Kier molecular flexibility index (Phi) is 6.79. The summed E-state index contributed by atoms with van der Waals surface area (Å²) in [6.07, 6.45) is 1.58. The Labute approximate surface area is 161 Å². The standard InChI is InChI=1S/C22H28N2O3/c1-6-18(24-27-7-2)22-19(25)11-16(12-20(22)26)21-14(4)10-13(3)17(8-9-23)15(21)5/h10,16,25H,6-8,11-12H2,1-5H3. The lowest BCUT2D eigenvalue weighted by Gasteiger charge is -2.28. The molecule has 1 aliphatic carbocycles. The zero-order valence-electron chi connectivity index (χ0n) is 16.8. The van der Waals surface area contributed by atoms with Crippen LogP contribution >= 0.6 is 0 Å². The van der Waals surface area contributed by atoms with Crippen molar-refractivity contribution < 1.29 is 14.7 Å². The SMILES string of the molecule is CCON=C(CC)C1=C(O)CC(c2c(C)cc(C)c(CC#N)c2C)CC1=O. The zero-order chi connectivity index (χ0) is 20.1.